The Bertz CT molecular complexity index is 262. The molecule has 0 aromatic heterocycles. The van der Waals surface area contributed by atoms with Gasteiger partial charge in [0.15, 0.2) is 0 Å². The summed E-state index contributed by atoms with van der Waals surface area (Å²) in [6.07, 6.45) is 4.06. The second-order valence-electron chi connectivity index (χ2n) is 4.26. The zero-order valence-corrected chi connectivity index (χ0v) is 8.95. The van der Waals surface area contributed by atoms with Gasteiger partial charge in [-0.3, -0.25) is 0 Å². The van der Waals surface area contributed by atoms with Crippen molar-refractivity contribution in [2.45, 2.75) is 38.1 Å². The van der Waals surface area contributed by atoms with Gasteiger partial charge in [0.25, 0.3) is 0 Å². The highest BCUT2D eigenvalue weighted by Gasteiger charge is 2.27. The summed E-state index contributed by atoms with van der Waals surface area (Å²) in [5.41, 5.74) is 1.53. The smallest absolute Gasteiger partial charge is 0.0930 e. The van der Waals surface area contributed by atoms with Crippen LogP contribution in [0, 0.1) is 0 Å². The average Bonchev–Trinajstić information content (AvgIpc) is 2.74. The van der Waals surface area contributed by atoms with Gasteiger partial charge in [-0.2, -0.15) is 0 Å². The molecule has 2 N–H and O–H groups in total. The van der Waals surface area contributed by atoms with Gasteiger partial charge in [0.1, 0.15) is 0 Å². The summed E-state index contributed by atoms with van der Waals surface area (Å²) in [6, 6.07) is 11.8. The van der Waals surface area contributed by atoms with Crippen LogP contribution in [0.1, 0.15) is 37.7 Å². The van der Waals surface area contributed by atoms with Gasteiger partial charge in [0.2, 0.25) is 0 Å². The molecule has 0 spiro atoms. The van der Waals surface area contributed by atoms with Crippen LogP contribution in [-0.2, 0) is 0 Å². The first-order valence-corrected chi connectivity index (χ1v) is 5.80. The highest BCUT2D eigenvalue weighted by molar-refractivity contribution is 5.20. The Balaban J connectivity index is 2.12. The quantitative estimate of drug-likeness (QED) is 0.750. The Kier molecular flexibility index (Phi) is 3.20. The summed E-state index contributed by atoms with van der Waals surface area (Å²) < 4.78 is 0. The molecular weight excluding hydrogens is 170 g/mol. The van der Waals surface area contributed by atoms with E-state index < -0.39 is 0 Å². The van der Waals surface area contributed by atoms with Gasteiger partial charge in [-0.25, -0.2) is 0 Å². The summed E-state index contributed by atoms with van der Waals surface area (Å²) in [4.78, 5) is 0. The van der Waals surface area contributed by atoms with Crippen molar-refractivity contribution in [3.8, 4) is 0 Å². The molecule has 1 saturated heterocycles. The molecule has 1 heterocycles. The van der Waals surface area contributed by atoms with Gasteiger partial charge in [0, 0.05) is 18.8 Å². The van der Waals surface area contributed by atoms with Crippen molar-refractivity contribution in [3.05, 3.63) is 35.9 Å². The first-order chi connectivity index (χ1) is 6.92. The van der Waals surface area contributed by atoms with E-state index in [0.717, 1.165) is 12.0 Å². The van der Waals surface area contributed by atoms with Crippen LogP contribution in [-0.4, -0.2) is 12.6 Å². The first kappa shape index (κ1) is 9.72. The van der Waals surface area contributed by atoms with Crippen molar-refractivity contribution in [1.29, 1.82) is 0 Å². The molecular formula is C13H20N+. The Morgan fingerprint density at radius 1 is 1.36 bits per heavy atom. The topological polar surface area (TPSA) is 16.6 Å². The van der Waals surface area contributed by atoms with Crippen LogP contribution >= 0.6 is 0 Å². The van der Waals surface area contributed by atoms with Crippen LogP contribution in [0.3, 0.4) is 0 Å². The van der Waals surface area contributed by atoms with Gasteiger partial charge in [-0.05, 0) is 12.0 Å². The molecule has 0 aliphatic carbocycles. The molecule has 1 aliphatic heterocycles. The molecule has 0 radical (unpaired) electrons. The fourth-order valence-corrected chi connectivity index (χ4v) is 2.65. The van der Waals surface area contributed by atoms with Gasteiger partial charge in [-0.1, -0.05) is 37.3 Å². The van der Waals surface area contributed by atoms with Crippen LogP contribution < -0.4 is 5.32 Å². The van der Waals surface area contributed by atoms with Gasteiger partial charge in [-0.15, -0.1) is 0 Å². The van der Waals surface area contributed by atoms with E-state index >= 15 is 0 Å². The standard InChI is InChI=1S/C13H19N/c1-2-12(13-9-6-10-14-13)11-7-4-3-5-8-11/h3-5,7-8,12-14H,2,6,9-10H2,1H3/p+1/t12-,13+/m1/s1. The zero-order valence-electron chi connectivity index (χ0n) is 8.95. The molecule has 2 atom stereocenters. The van der Waals surface area contributed by atoms with Crippen molar-refractivity contribution in [3.63, 3.8) is 0 Å². The zero-order chi connectivity index (χ0) is 9.80. The average molecular weight is 190 g/mol. The lowest BCUT2D eigenvalue weighted by Gasteiger charge is -2.19. The third kappa shape index (κ3) is 1.98. The summed E-state index contributed by atoms with van der Waals surface area (Å²) in [7, 11) is 0. The van der Waals surface area contributed by atoms with Crippen molar-refractivity contribution in [2.75, 3.05) is 6.54 Å². The molecule has 0 amide bonds. The van der Waals surface area contributed by atoms with Crippen molar-refractivity contribution in [2.24, 2.45) is 0 Å². The van der Waals surface area contributed by atoms with Crippen molar-refractivity contribution in [1.82, 2.24) is 0 Å². The largest absolute Gasteiger partial charge is 0.343 e. The molecule has 1 aromatic rings. The van der Waals surface area contributed by atoms with Gasteiger partial charge >= 0.3 is 0 Å². The number of nitrogens with two attached hydrogens (primary N) is 1. The van der Waals surface area contributed by atoms with Crippen LogP contribution in [0.5, 0.6) is 0 Å². The summed E-state index contributed by atoms with van der Waals surface area (Å²) in [6.45, 7) is 3.64. The molecule has 1 aromatic carbocycles. The van der Waals surface area contributed by atoms with E-state index in [4.69, 9.17) is 0 Å². The maximum absolute atomic E-state index is 2.53. The Morgan fingerprint density at radius 2 is 2.14 bits per heavy atom. The fourth-order valence-electron chi connectivity index (χ4n) is 2.65. The van der Waals surface area contributed by atoms with E-state index in [1.807, 2.05) is 0 Å². The fraction of sp³-hybridized carbons (Fsp3) is 0.538. The highest BCUT2D eigenvalue weighted by Crippen LogP contribution is 2.24. The second-order valence-corrected chi connectivity index (χ2v) is 4.26. The maximum Gasteiger partial charge on any atom is 0.0930 e. The molecule has 1 heteroatoms. The number of hydrogen-bond acceptors (Lipinski definition) is 0. The monoisotopic (exact) mass is 190 g/mol. The van der Waals surface area contributed by atoms with E-state index in [9.17, 15) is 0 Å². The van der Waals surface area contributed by atoms with Crippen LogP contribution in [0.4, 0.5) is 0 Å². The molecule has 1 aliphatic rings. The summed E-state index contributed by atoms with van der Waals surface area (Å²) in [5.74, 6) is 0.763. The lowest BCUT2D eigenvalue weighted by Crippen LogP contribution is -2.87. The Morgan fingerprint density at radius 3 is 2.71 bits per heavy atom. The minimum Gasteiger partial charge on any atom is -0.343 e. The second kappa shape index (κ2) is 4.61. The maximum atomic E-state index is 2.53. The molecule has 0 unspecified atom stereocenters. The number of quaternary nitrogens is 1. The molecule has 76 valence electrons. The van der Waals surface area contributed by atoms with E-state index in [1.165, 1.54) is 31.4 Å². The lowest BCUT2D eigenvalue weighted by atomic mass is 9.88. The summed E-state index contributed by atoms with van der Waals surface area (Å²) >= 11 is 0. The Hall–Kier alpha value is -0.820. The number of rotatable bonds is 3. The molecule has 0 bridgehead atoms. The number of hydrogen-bond donors (Lipinski definition) is 1. The molecule has 1 nitrogen and oxygen atoms in total. The minimum atomic E-state index is 0.763. The first-order valence-electron chi connectivity index (χ1n) is 5.80. The molecule has 2 rings (SSSR count). The van der Waals surface area contributed by atoms with E-state index in [1.54, 1.807) is 0 Å². The van der Waals surface area contributed by atoms with Crippen LogP contribution in [0.2, 0.25) is 0 Å². The lowest BCUT2D eigenvalue weighted by molar-refractivity contribution is -0.672. The van der Waals surface area contributed by atoms with Gasteiger partial charge < -0.3 is 5.32 Å². The molecule has 14 heavy (non-hydrogen) atoms. The summed E-state index contributed by atoms with van der Waals surface area (Å²) in [5, 5.41) is 2.53. The van der Waals surface area contributed by atoms with Crippen LogP contribution in [0.15, 0.2) is 30.3 Å². The van der Waals surface area contributed by atoms with E-state index in [-0.39, 0.29) is 0 Å². The van der Waals surface area contributed by atoms with Crippen molar-refractivity contribution < 1.29 is 5.32 Å². The van der Waals surface area contributed by atoms with Gasteiger partial charge in [0.05, 0.1) is 12.6 Å². The van der Waals surface area contributed by atoms with Crippen LogP contribution in [0.25, 0.3) is 0 Å². The predicted octanol–water partition coefficient (Wildman–Crippen LogP) is 1.91. The van der Waals surface area contributed by atoms with E-state index in [0.29, 0.717) is 0 Å². The third-order valence-corrected chi connectivity index (χ3v) is 3.40. The molecule has 0 saturated carbocycles. The number of benzene rings is 1. The van der Waals surface area contributed by atoms with Crippen molar-refractivity contribution >= 4 is 0 Å². The Labute approximate surface area is 86.5 Å². The predicted molar refractivity (Wildman–Crippen MR) is 59.3 cm³/mol. The molecule has 1 fully saturated rings. The normalized spacial score (nSPS) is 23.6. The highest BCUT2D eigenvalue weighted by atomic mass is 14.9. The van der Waals surface area contributed by atoms with E-state index in [2.05, 4.69) is 42.6 Å². The SMILES string of the molecule is CC[C@H](c1ccccc1)[C@@H]1CCC[NH2+]1. The minimum absolute atomic E-state index is 0.763. The third-order valence-electron chi connectivity index (χ3n) is 3.40.